The van der Waals surface area contributed by atoms with Crippen molar-refractivity contribution in [2.45, 2.75) is 90.4 Å². The molecule has 1 saturated carbocycles. The average Bonchev–Trinajstić information content (AvgIpc) is 2.75. The van der Waals surface area contributed by atoms with Gasteiger partial charge in [-0.15, -0.1) is 0 Å². The summed E-state index contributed by atoms with van der Waals surface area (Å²) in [6.45, 7) is 6.56. The van der Waals surface area contributed by atoms with E-state index in [0.717, 1.165) is 25.5 Å². The maximum atomic E-state index is 14.2. The summed E-state index contributed by atoms with van der Waals surface area (Å²) in [5, 5.41) is 12.3. The zero-order chi connectivity index (χ0) is 24.9. The fraction of sp³-hybridized carbons (Fsp3) is 0.615. The summed E-state index contributed by atoms with van der Waals surface area (Å²) in [5.41, 5.74) is -0.988. The summed E-state index contributed by atoms with van der Waals surface area (Å²) in [6, 6.07) is 2.72. The van der Waals surface area contributed by atoms with Gasteiger partial charge in [-0.25, -0.2) is 9.37 Å². The van der Waals surface area contributed by atoms with E-state index in [1.807, 2.05) is 13.8 Å². The Kier molecular flexibility index (Phi) is 8.66. The smallest absolute Gasteiger partial charge is 0.316 e. The molecule has 0 spiro atoms. The Morgan fingerprint density at radius 1 is 1.15 bits per heavy atom. The van der Waals surface area contributed by atoms with Crippen molar-refractivity contribution in [1.82, 2.24) is 4.98 Å². The van der Waals surface area contributed by atoms with E-state index in [-0.39, 0.29) is 26.7 Å². The maximum absolute atomic E-state index is 14.2. The van der Waals surface area contributed by atoms with E-state index in [0.29, 0.717) is 24.8 Å². The minimum atomic E-state index is -1.15. The van der Waals surface area contributed by atoms with Crippen molar-refractivity contribution in [2.75, 3.05) is 6.61 Å². The molecule has 0 radical (unpaired) electrons. The van der Waals surface area contributed by atoms with Gasteiger partial charge in [-0.3, -0.25) is 14.9 Å². The van der Waals surface area contributed by atoms with E-state index < -0.39 is 22.1 Å². The monoisotopic (exact) mass is 536 g/mol. The Labute approximate surface area is 208 Å². The molecule has 0 aliphatic heterocycles. The third kappa shape index (κ3) is 5.75. The standard InChI is InChI=1S/C26H34BrFN2O4/c1-4-5-6-7-8-9-10-11-12-34-24(31)26(16-25(2,3)17-26)23-18-13-19(27)20(28)14-21(18)29-15-22(23)30(32)33/h13-15H,4-12,16-17H2,1-3H3. The number of fused-ring (bicyclic) bond motifs is 1. The summed E-state index contributed by atoms with van der Waals surface area (Å²) in [5.74, 6) is -0.953. The van der Waals surface area contributed by atoms with Gasteiger partial charge in [0.15, 0.2) is 0 Å². The van der Waals surface area contributed by atoms with Crippen LogP contribution in [-0.4, -0.2) is 22.5 Å². The minimum Gasteiger partial charge on any atom is -0.465 e. The highest BCUT2D eigenvalue weighted by Crippen LogP contribution is 2.59. The predicted molar refractivity (Wildman–Crippen MR) is 134 cm³/mol. The van der Waals surface area contributed by atoms with E-state index in [4.69, 9.17) is 4.74 Å². The van der Waals surface area contributed by atoms with Gasteiger partial charge in [0.05, 0.1) is 27.1 Å². The first kappa shape index (κ1) is 26.5. The number of ether oxygens (including phenoxy) is 1. The Morgan fingerprint density at radius 2 is 1.76 bits per heavy atom. The SMILES string of the molecule is CCCCCCCCCCOC(=O)C1(c2c([N+](=O)[O-])cnc3cc(F)c(Br)cc23)CC(C)(C)C1. The van der Waals surface area contributed by atoms with Crippen LogP contribution in [0.5, 0.6) is 0 Å². The van der Waals surface area contributed by atoms with E-state index >= 15 is 0 Å². The number of nitro groups is 1. The molecular formula is C26H34BrFN2O4. The van der Waals surface area contributed by atoms with Crippen molar-refractivity contribution in [1.29, 1.82) is 0 Å². The second kappa shape index (κ2) is 11.1. The molecule has 1 heterocycles. The van der Waals surface area contributed by atoms with Crippen LogP contribution in [0.25, 0.3) is 10.9 Å². The van der Waals surface area contributed by atoms with Gasteiger partial charge >= 0.3 is 5.97 Å². The van der Waals surface area contributed by atoms with Gasteiger partial charge in [-0.2, -0.15) is 0 Å². The quantitative estimate of drug-likeness (QED) is 0.119. The van der Waals surface area contributed by atoms with Crippen LogP contribution in [0, 0.1) is 21.3 Å². The van der Waals surface area contributed by atoms with Gasteiger partial charge in [0, 0.05) is 11.5 Å². The first-order chi connectivity index (χ1) is 16.1. The molecule has 8 heteroatoms. The second-order valence-electron chi connectivity index (χ2n) is 10.3. The van der Waals surface area contributed by atoms with Gasteiger partial charge in [0.2, 0.25) is 0 Å². The second-order valence-corrected chi connectivity index (χ2v) is 11.1. The highest BCUT2D eigenvalue weighted by atomic mass is 79.9. The van der Waals surface area contributed by atoms with Crippen molar-refractivity contribution >= 4 is 38.5 Å². The summed E-state index contributed by atoms with van der Waals surface area (Å²) >= 11 is 3.18. The Morgan fingerprint density at radius 3 is 2.35 bits per heavy atom. The van der Waals surface area contributed by atoms with Gasteiger partial charge < -0.3 is 4.74 Å². The average molecular weight is 537 g/mol. The molecule has 6 nitrogen and oxygen atoms in total. The molecule has 1 fully saturated rings. The lowest BCUT2D eigenvalue weighted by Gasteiger charge is -2.51. The summed E-state index contributed by atoms with van der Waals surface area (Å²) in [6.07, 6.45) is 11.0. The number of hydrogen-bond donors (Lipinski definition) is 0. The normalized spacial score (nSPS) is 16.3. The van der Waals surface area contributed by atoms with Crippen LogP contribution in [0.4, 0.5) is 10.1 Å². The lowest BCUT2D eigenvalue weighted by molar-refractivity contribution is -0.386. The number of aromatic nitrogens is 1. The molecule has 2 aromatic rings. The molecule has 3 rings (SSSR count). The Hall–Kier alpha value is -2.09. The molecule has 0 amide bonds. The van der Waals surface area contributed by atoms with Crippen molar-refractivity contribution in [3.63, 3.8) is 0 Å². The molecule has 1 aromatic heterocycles. The number of pyridine rings is 1. The minimum absolute atomic E-state index is 0.168. The largest absolute Gasteiger partial charge is 0.465 e. The maximum Gasteiger partial charge on any atom is 0.316 e. The van der Waals surface area contributed by atoms with Gasteiger partial charge in [0.1, 0.15) is 17.4 Å². The number of halogens is 2. The van der Waals surface area contributed by atoms with Crippen molar-refractivity contribution in [2.24, 2.45) is 5.41 Å². The van der Waals surface area contributed by atoms with Crippen LogP contribution in [0.1, 0.15) is 90.5 Å². The third-order valence-corrected chi connectivity index (χ3v) is 7.36. The fourth-order valence-corrected chi connectivity index (χ4v) is 5.71. The Bertz CT molecular complexity index is 1050. The molecule has 1 aromatic carbocycles. The van der Waals surface area contributed by atoms with Crippen molar-refractivity contribution in [3.8, 4) is 0 Å². The van der Waals surface area contributed by atoms with Crippen molar-refractivity contribution < 1.29 is 18.8 Å². The van der Waals surface area contributed by atoms with Gasteiger partial charge in [0.25, 0.3) is 5.69 Å². The van der Waals surface area contributed by atoms with Gasteiger partial charge in [-0.05, 0) is 46.7 Å². The fourth-order valence-electron chi connectivity index (χ4n) is 5.36. The first-order valence-corrected chi connectivity index (χ1v) is 13.0. The topological polar surface area (TPSA) is 82.3 Å². The number of rotatable bonds is 12. The summed E-state index contributed by atoms with van der Waals surface area (Å²) < 4.78 is 20.0. The molecule has 0 N–H and O–H groups in total. The molecule has 1 aliphatic rings. The van der Waals surface area contributed by atoms with Crippen LogP contribution in [0.3, 0.4) is 0 Å². The first-order valence-electron chi connectivity index (χ1n) is 12.2. The number of carbonyl (C=O) groups excluding carboxylic acids is 1. The highest BCUT2D eigenvalue weighted by Gasteiger charge is 2.59. The molecule has 0 bridgehead atoms. The molecule has 0 atom stereocenters. The third-order valence-electron chi connectivity index (χ3n) is 6.75. The molecular weight excluding hydrogens is 503 g/mol. The summed E-state index contributed by atoms with van der Waals surface area (Å²) in [7, 11) is 0. The summed E-state index contributed by atoms with van der Waals surface area (Å²) in [4.78, 5) is 29.0. The highest BCUT2D eigenvalue weighted by molar-refractivity contribution is 9.10. The van der Waals surface area contributed by atoms with Crippen LogP contribution < -0.4 is 0 Å². The predicted octanol–water partition coefficient (Wildman–Crippen LogP) is 7.79. The van der Waals surface area contributed by atoms with E-state index in [2.05, 4.69) is 27.8 Å². The lowest BCUT2D eigenvalue weighted by atomic mass is 9.51. The molecule has 1 aliphatic carbocycles. The Balaban J connectivity index is 1.81. The van der Waals surface area contributed by atoms with E-state index in [9.17, 15) is 19.3 Å². The van der Waals surface area contributed by atoms with E-state index in [1.165, 1.54) is 44.2 Å². The van der Waals surface area contributed by atoms with E-state index in [1.54, 1.807) is 0 Å². The molecule has 0 saturated heterocycles. The number of hydrogen-bond acceptors (Lipinski definition) is 5. The zero-order valence-corrected chi connectivity index (χ0v) is 21.9. The van der Waals surface area contributed by atoms with Crippen LogP contribution in [0.2, 0.25) is 0 Å². The number of unbranched alkanes of at least 4 members (excludes halogenated alkanes) is 7. The number of nitrogens with zero attached hydrogens (tertiary/aromatic N) is 2. The van der Waals surface area contributed by atoms with Crippen molar-refractivity contribution in [3.05, 3.63) is 44.3 Å². The number of benzene rings is 1. The lowest BCUT2D eigenvalue weighted by Crippen LogP contribution is -2.53. The molecule has 34 heavy (non-hydrogen) atoms. The number of carbonyl (C=O) groups is 1. The zero-order valence-electron chi connectivity index (χ0n) is 20.3. The number of esters is 1. The molecule has 0 unspecified atom stereocenters. The van der Waals surface area contributed by atoms with Gasteiger partial charge in [-0.1, -0.05) is 65.7 Å². The molecule has 186 valence electrons. The van der Waals surface area contributed by atoms with Crippen LogP contribution in [0.15, 0.2) is 22.8 Å². The van der Waals surface area contributed by atoms with Crippen LogP contribution >= 0.6 is 15.9 Å². The van der Waals surface area contributed by atoms with Crippen LogP contribution in [-0.2, 0) is 14.9 Å².